The Balaban J connectivity index is 1.81. The molecule has 140 valence electrons. The minimum absolute atomic E-state index is 0.145. The van der Waals surface area contributed by atoms with Crippen molar-refractivity contribution in [3.05, 3.63) is 53.6 Å². The molecule has 1 saturated heterocycles. The number of likely N-dealkylation sites (tertiary alicyclic amines) is 1. The average Bonchev–Trinajstić information content (AvgIpc) is 3.29. The lowest BCUT2D eigenvalue weighted by Gasteiger charge is -2.32. The predicted molar refractivity (Wildman–Crippen MR) is 94.9 cm³/mol. The summed E-state index contributed by atoms with van der Waals surface area (Å²) in [6.45, 7) is 0.145. The molecule has 1 amide bonds. The van der Waals surface area contributed by atoms with E-state index in [9.17, 15) is 14.7 Å². The second kappa shape index (κ2) is 6.83. The predicted octanol–water partition coefficient (Wildman–Crippen LogP) is 2.59. The van der Waals surface area contributed by atoms with Crippen LogP contribution in [0.25, 0.3) is 0 Å². The summed E-state index contributed by atoms with van der Waals surface area (Å²) in [4.78, 5) is 25.8. The van der Waals surface area contributed by atoms with E-state index in [1.165, 1.54) is 4.90 Å². The van der Waals surface area contributed by atoms with Gasteiger partial charge in [0.1, 0.15) is 11.8 Å². The first kappa shape index (κ1) is 17.2. The Kier molecular flexibility index (Phi) is 4.35. The third-order valence-electron chi connectivity index (χ3n) is 4.96. The second-order valence-electron chi connectivity index (χ2n) is 6.48. The molecule has 1 unspecified atom stereocenters. The summed E-state index contributed by atoms with van der Waals surface area (Å²) in [5, 5.41) is 9.62. The lowest BCUT2D eigenvalue weighted by atomic mass is 9.95. The number of benzene rings is 2. The fourth-order valence-corrected chi connectivity index (χ4v) is 3.65. The van der Waals surface area contributed by atoms with Crippen LogP contribution in [0.4, 0.5) is 0 Å². The molecule has 2 heterocycles. The van der Waals surface area contributed by atoms with Gasteiger partial charge in [0, 0.05) is 6.42 Å². The van der Waals surface area contributed by atoms with E-state index in [-0.39, 0.29) is 19.1 Å². The largest absolute Gasteiger partial charge is 0.497 e. The summed E-state index contributed by atoms with van der Waals surface area (Å²) in [6.07, 6.45) is 0.513. The number of ether oxygens (including phenoxy) is 3. The molecule has 2 atom stereocenters. The lowest BCUT2D eigenvalue weighted by Crippen LogP contribution is -2.41. The molecule has 4 rings (SSSR count). The number of methoxy groups -OCH3 is 1. The normalized spacial score (nSPS) is 19.2. The Labute approximate surface area is 156 Å². The van der Waals surface area contributed by atoms with Crippen molar-refractivity contribution in [3.63, 3.8) is 0 Å². The first-order valence-corrected chi connectivity index (χ1v) is 8.66. The van der Waals surface area contributed by atoms with E-state index in [0.717, 1.165) is 11.1 Å². The minimum atomic E-state index is -1.000. The molecule has 7 nitrogen and oxygen atoms in total. The van der Waals surface area contributed by atoms with Gasteiger partial charge >= 0.3 is 5.97 Å². The smallest absolute Gasteiger partial charge is 0.326 e. The van der Waals surface area contributed by atoms with E-state index in [4.69, 9.17) is 14.2 Å². The monoisotopic (exact) mass is 369 g/mol. The summed E-state index contributed by atoms with van der Waals surface area (Å²) in [7, 11) is 1.58. The highest BCUT2D eigenvalue weighted by molar-refractivity contribution is 5.88. The average molecular weight is 369 g/mol. The number of carboxylic acids is 1. The van der Waals surface area contributed by atoms with E-state index >= 15 is 0 Å². The van der Waals surface area contributed by atoms with Crippen LogP contribution < -0.4 is 14.2 Å². The molecule has 1 N–H and O–H groups in total. The van der Waals surface area contributed by atoms with Gasteiger partial charge in [0.05, 0.1) is 13.2 Å². The van der Waals surface area contributed by atoms with Gasteiger partial charge in [-0.2, -0.15) is 0 Å². The zero-order valence-electron chi connectivity index (χ0n) is 14.8. The van der Waals surface area contributed by atoms with Crippen molar-refractivity contribution in [1.29, 1.82) is 0 Å². The van der Waals surface area contributed by atoms with Crippen LogP contribution >= 0.6 is 0 Å². The van der Waals surface area contributed by atoms with Crippen LogP contribution in [0.3, 0.4) is 0 Å². The molecule has 2 aromatic carbocycles. The van der Waals surface area contributed by atoms with Crippen molar-refractivity contribution in [2.45, 2.75) is 24.9 Å². The highest BCUT2D eigenvalue weighted by atomic mass is 16.7. The molecular formula is C20H19NO6. The van der Waals surface area contributed by atoms with Crippen LogP contribution in [0.1, 0.15) is 30.0 Å². The Morgan fingerprint density at radius 3 is 2.56 bits per heavy atom. The number of nitrogens with zero attached hydrogens (tertiary/aromatic N) is 1. The standard InChI is InChI=1S/C20H19NO6/c1-25-14-5-2-12(3-6-14)19(21-15(20(23)24)7-9-18(21)22)13-4-8-16-17(10-13)27-11-26-16/h2-6,8,10,15,19H,7,9,11H2,1H3,(H,23,24)/t15-,19?/m0/s1. The fraction of sp³-hybridized carbons (Fsp3) is 0.300. The van der Waals surface area contributed by atoms with Crippen LogP contribution in [-0.2, 0) is 9.59 Å². The number of amides is 1. The Hall–Kier alpha value is -3.22. The first-order chi connectivity index (χ1) is 13.1. The van der Waals surface area contributed by atoms with Crippen molar-refractivity contribution in [2.24, 2.45) is 0 Å². The van der Waals surface area contributed by atoms with E-state index in [1.807, 2.05) is 24.3 Å². The van der Waals surface area contributed by atoms with Crippen molar-refractivity contribution in [2.75, 3.05) is 13.9 Å². The summed E-state index contributed by atoms with van der Waals surface area (Å²) in [5.74, 6) is 0.728. The van der Waals surface area contributed by atoms with Gasteiger partial charge in [-0.15, -0.1) is 0 Å². The highest BCUT2D eigenvalue weighted by Gasteiger charge is 2.41. The quantitative estimate of drug-likeness (QED) is 0.872. The lowest BCUT2D eigenvalue weighted by molar-refractivity contribution is -0.147. The van der Waals surface area contributed by atoms with Gasteiger partial charge in [0.2, 0.25) is 12.7 Å². The number of hydrogen-bond acceptors (Lipinski definition) is 5. The molecule has 0 aromatic heterocycles. The number of fused-ring (bicyclic) bond motifs is 1. The minimum Gasteiger partial charge on any atom is -0.497 e. The molecule has 2 aliphatic rings. The van der Waals surface area contributed by atoms with Crippen LogP contribution in [0.2, 0.25) is 0 Å². The van der Waals surface area contributed by atoms with Crippen molar-refractivity contribution < 1.29 is 28.9 Å². The summed E-state index contributed by atoms with van der Waals surface area (Å²) >= 11 is 0. The number of aliphatic carboxylic acids is 1. The Bertz CT molecular complexity index is 879. The Morgan fingerprint density at radius 2 is 1.85 bits per heavy atom. The van der Waals surface area contributed by atoms with Gasteiger partial charge in [-0.05, 0) is 41.8 Å². The SMILES string of the molecule is COc1ccc(C(c2ccc3c(c2)OCO3)N2C(=O)CC[C@H]2C(=O)O)cc1. The molecule has 0 radical (unpaired) electrons. The van der Waals surface area contributed by atoms with Gasteiger partial charge in [0.25, 0.3) is 0 Å². The third kappa shape index (κ3) is 3.05. The Morgan fingerprint density at radius 1 is 1.15 bits per heavy atom. The van der Waals surface area contributed by atoms with Crippen LogP contribution in [0, 0.1) is 0 Å². The molecule has 0 spiro atoms. The number of rotatable bonds is 5. The summed E-state index contributed by atoms with van der Waals surface area (Å²) < 4.78 is 16.0. The van der Waals surface area contributed by atoms with Crippen LogP contribution in [-0.4, -0.2) is 41.8 Å². The number of carboxylic acid groups (broad SMARTS) is 1. The van der Waals surface area contributed by atoms with Crippen molar-refractivity contribution in [3.8, 4) is 17.2 Å². The summed E-state index contributed by atoms with van der Waals surface area (Å²) in [5.41, 5.74) is 1.57. The van der Waals surface area contributed by atoms with Gasteiger partial charge in [-0.25, -0.2) is 4.79 Å². The molecule has 2 aromatic rings. The molecule has 0 bridgehead atoms. The van der Waals surface area contributed by atoms with Crippen molar-refractivity contribution in [1.82, 2.24) is 4.90 Å². The number of carbonyl (C=O) groups is 2. The zero-order valence-corrected chi connectivity index (χ0v) is 14.8. The maximum absolute atomic E-state index is 12.6. The van der Waals surface area contributed by atoms with E-state index in [1.54, 1.807) is 25.3 Å². The van der Waals surface area contributed by atoms with E-state index < -0.39 is 18.1 Å². The van der Waals surface area contributed by atoms with Gasteiger partial charge < -0.3 is 24.2 Å². The molecule has 0 saturated carbocycles. The van der Waals surface area contributed by atoms with Gasteiger partial charge in [-0.3, -0.25) is 4.79 Å². The fourth-order valence-electron chi connectivity index (χ4n) is 3.65. The van der Waals surface area contributed by atoms with E-state index in [2.05, 4.69) is 0 Å². The van der Waals surface area contributed by atoms with Crippen LogP contribution in [0.5, 0.6) is 17.2 Å². The molecule has 2 aliphatic heterocycles. The third-order valence-corrected chi connectivity index (χ3v) is 4.96. The molecule has 27 heavy (non-hydrogen) atoms. The molecule has 0 aliphatic carbocycles. The molecule has 7 heteroatoms. The van der Waals surface area contributed by atoms with E-state index in [0.29, 0.717) is 23.7 Å². The zero-order chi connectivity index (χ0) is 19.0. The second-order valence-corrected chi connectivity index (χ2v) is 6.48. The molecule has 1 fully saturated rings. The van der Waals surface area contributed by atoms with Crippen LogP contribution in [0.15, 0.2) is 42.5 Å². The molecular weight excluding hydrogens is 350 g/mol. The first-order valence-electron chi connectivity index (χ1n) is 8.66. The highest BCUT2D eigenvalue weighted by Crippen LogP contribution is 2.40. The summed E-state index contributed by atoms with van der Waals surface area (Å²) in [6, 6.07) is 11.3. The topological polar surface area (TPSA) is 85.3 Å². The number of carbonyl (C=O) groups excluding carboxylic acids is 1. The van der Waals surface area contributed by atoms with Gasteiger partial charge in [-0.1, -0.05) is 18.2 Å². The maximum atomic E-state index is 12.6. The number of hydrogen-bond donors (Lipinski definition) is 1. The van der Waals surface area contributed by atoms with Gasteiger partial charge in [0.15, 0.2) is 11.5 Å². The maximum Gasteiger partial charge on any atom is 0.326 e. The van der Waals surface area contributed by atoms with Crippen molar-refractivity contribution >= 4 is 11.9 Å².